The second-order valence-corrected chi connectivity index (χ2v) is 6.96. The van der Waals surface area contributed by atoms with E-state index in [2.05, 4.69) is 16.0 Å². The van der Waals surface area contributed by atoms with Crippen LogP contribution >= 0.6 is 0 Å². The lowest BCUT2D eigenvalue weighted by Gasteiger charge is -2.21. The Balaban J connectivity index is 4.64. The molecule has 0 radical (unpaired) electrons. The maximum Gasteiger partial charge on any atom is 0.326 e. The molecule has 27 heavy (non-hydrogen) atoms. The first-order valence-corrected chi connectivity index (χ1v) is 9.00. The molecule has 10 nitrogen and oxygen atoms in total. The molecule has 0 bridgehead atoms. The molecular weight excluding hydrogens is 356 g/mol. The van der Waals surface area contributed by atoms with Crippen LogP contribution in [0.1, 0.15) is 40.5 Å². The number of hydrogen-bond donors (Lipinski definition) is 6. The number of amides is 3. The summed E-state index contributed by atoms with van der Waals surface area (Å²) in [4.78, 5) is 47.1. The fraction of sp³-hybridized carbons (Fsp3) is 0.765. The van der Waals surface area contributed by atoms with Crippen molar-refractivity contribution in [1.29, 1.82) is 0 Å². The van der Waals surface area contributed by atoms with Crippen LogP contribution in [0.25, 0.3) is 0 Å². The van der Waals surface area contributed by atoms with E-state index in [0.717, 1.165) is 0 Å². The lowest BCUT2D eigenvalue weighted by Crippen LogP contribution is -2.55. The molecule has 0 aliphatic heterocycles. The Morgan fingerprint density at radius 1 is 1.00 bits per heavy atom. The van der Waals surface area contributed by atoms with E-state index < -0.39 is 55.0 Å². The number of aliphatic hydroxyl groups is 1. The Kier molecular flexibility index (Phi) is 11.2. The number of carbonyl (C=O) groups is 4. The molecule has 0 heterocycles. The van der Waals surface area contributed by atoms with Crippen molar-refractivity contribution in [3.8, 4) is 0 Å². The third-order valence-electron chi connectivity index (χ3n) is 4.14. The number of carbonyl (C=O) groups excluding carboxylic acids is 3. The molecule has 7 N–H and O–H groups in total. The van der Waals surface area contributed by atoms with Crippen LogP contribution in [0.5, 0.6) is 0 Å². The van der Waals surface area contributed by atoms with E-state index in [1.807, 2.05) is 13.8 Å². The first-order valence-electron chi connectivity index (χ1n) is 9.00. The van der Waals surface area contributed by atoms with E-state index in [1.165, 1.54) is 0 Å². The highest BCUT2D eigenvalue weighted by Crippen LogP contribution is 2.06. The van der Waals surface area contributed by atoms with Gasteiger partial charge in [-0.3, -0.25) is 14.4 Å². The largest absolute Gasteiger partial charge is 0.480 e. The predicted molar refractivity (Wildman–Crippen MR) is 98.5 cm³/mol. The maximum atomic E-state index is 12.1. The minimum absolute atomic E-state index is 0.0264. The minimum Gasteiger partial charge on any atom is -0.480 e. The van der Waals surface area contributed by atoms with E-state index >= 15 is 0 Å². The molecule has 4 atom stereocenters. The van der Waals surface area contributed by atoms with Crippen LogP contribution in [0.2, 0.25) is 0 Å². The van der Waals surface area contributed by atoms with Crippen molar-refractivity contribution in [2.45, 2.75) is 58.7 Å². The molecule has 3 amide bonds. The number of aliphatic hydroxyl groups excluding tert-OH is 1. The quantitative estimate of drug-likeness (QED) is 0.238. The molecule has 0 saturated heterocycles. The number of nitrogens with one attached hydrogen (secondary N) is 3. The van der Waals surface area contributed by atoms with E-state index in [4.69, 9.17) is 10.8 Å². The summed E-state index contributed by atoms with van der Waals surface area (Å²) >= 11 is 0. The summed E-state index contributed by atoms with van der Waals surface area (Å²) in [5, 5.41) is 25.4. The summed E-state index contributed by atoms with van der Waals surface area (Å²) in [6.07, 6.45) is 0.908. The summed E-state index contributed by atoms with van der Waals surface area (Å²) in [6.45, 7) is 6.18. The summed E-state index contributed by atoms with van der Waals surface area (Å²) in [7, 11) is 0. The number of rotatable bonds is 12. The number of aliphatic carboxylic acids is 1. The topological polar surface area (TPSA) is 171 Å². The van der Waals surface area contributed by atoms with Crippen molar-refractivity contribution in [2.75, 3.05) is 13.2 Å². The lowest BCUT2D eigenvalue weighted by molar-refractivity contribution is -0.143. The normalized spacial score (nSPS) is 15.4. The number of hydrogen-bond acceptors (Lipinski definition) is 6. The molecule has 4 unspecified atom stereocenters. The van der Waals surface area contributed by atoms with Crippen LogP contribution in [0.4, 0.5) is 0 Å². The Hall–Kier alpha value is -2.20. The Labute approximate surface area is 159 Å². The van der Waals surface area contributed by atoms with Gasteiger partial charge in [-0.05, 0) is 18.3 Å². The van der Waals surface area contributed by atoms with E-state index in [0.29, 0.717) is 6.42 Å². The number of nitrogens with two attached hydrogens (primary N) is 1. The molecule has 10 heteroatoms. The van der Waals surface area contributed by atoms with Gasteiger partial charge in [-0.2, -0.15) is 0 Å². The molecule has 0 aromatic carbocycles. The smallest absolute Gasteiger partial charge is 0.326 e. The molecule has 0 aliphatic carbocycles. The van der Waals surface area contributed by atoms with Crippen LogP contribution in [0, 0.1) is 11.8 Å². The zero-order valence-electron chi connectivity index (χ0n) is 16.3. The van der Waals surface area contributed by atoms with Gasteiger partial charge < -0.3 is 31.9 Å². The van der Waals surface area contributed by atoms with E-state index in [9.17, 15) is 24.3 Å². The van der Waals surface area contributed by atoms with Gasteiger partial charge >= 0.3 is 5.97 Å². The third-order valence-corrected chi connectivity index (χ3v) is 4.14. The summed E-state index contributed by atoms with van der Waals surface area (Å²) < 4.78 is 0. The SMILES string of the molecule is CCC(C)C(N)C(=O)NCC(=O)NC(CO)C(=O)NC(CC(C)C)C(=O)O. The second kappa shape index (κ2) is 12.2. The molecule has 0 saturated carbocycles. The third kappa shape index (κ3) is 9.34. The average molecular weight is 388 g/mol. The van der Waals surface area contributed by atoms with Crippen molar-refractivity contribution in [1.82, 2.24) is 16.0 Å². The van der Waals surface area contributed by atoms with Crippen molar-refractivity contribution >= 4 is 23.7 Å². The summed E-state index contributed by atoms with van der Waals surface area (Å²) in [6, 6.07) is -3.21. The highest BCUT2D eigenvalue weighted by atomic mass is 16.4. The van der Waals surface area contributed by atoms with Gasteiger partial charge in [0.15, 0.2) is 0 Å². The van der Waals surface area contributed by atoms with Gasteiger partial charge in [0, 0.05) is 0 Å². The molecule has 156 valence electrons. The van der Waals surface area contributed by atoms with Crippen molar-refractivity contribution in [3.05, 3.63) is 0 Å². The predicted octanol–water partition coefficient (Wildman–Crippen LogP) is -1.43. The van der Waals surface area contributed by atoms with Crippen molar-refractivity contribution in [2.24, 2.45) is 17.6 Å². The van der Waals surface area contributed by atoms with Gasteiger partial charge in [-0.25, -0.2) is 4.79 Å². The van der Waals surface area contributed by atoms with Crippen LogP contribution in [-0.2, 0) is 19.2 Å². The Bertz CT molecular complexity index is 526. The Morgan fingerprint density at radius 2 is 1.59 bits per heavy atom. The zero-order valence-corrected chi connectivity index (χ0v) is 16.3. The second-order valence-electron chi connectivity index (χ2n) is 6.96. The first kappa shape index (κ1) is 24.8. The van der Waals surface area contributed by atoms with Crippen molar-refractivity contribution < 1.29 is 29.4 Å². The fourth-order valence-electron chi connectivity index (χ4n) is 2.20. The van der Waals surface area contributed by atoms with Gasteiger partial charge in [0.25, 0.3) is 0 Å². The number of carboxylic acids is 1. The molecule has 0 fully saturated rings. The summed E-state index contributed by atoms with van der Waals surface area (Å²) in [5.41, 5.74) is 5.75. The summed E-state index contributed by atoms with van der Waals surface area (Å²) in [5.74, 6) is -3.25. The van der Waals surface area contributed by atoms with Crippen LogP contribution in [-0.4, -0.2) is 65.2 Å². The van der Waals surface area contributed by atoms with E-state index in [-0.39, 0.29) is 18.3 Å². The monoisotopic (exact) mass is 388 g/mol. The fourth-order valence-corrected chi connectivity index (χ4v) is 2.20. The number of carboxylic acid groups (broad SMARTS) is 1. The molecule has 0 aromatic rings. The zero-order chi connectivity index (χ0) is 21.1. The lowest BCUT2D eigenvalue weighted by atomic mass is 9.99. The average Bonchev–Trinajstić information content (AvgIpc) is 2.61. The van der Waals surface area contributed by atoms with Gasteiger partial charge in [0.2, 0.25) is 17.7 Å². The molecule has 0 rings (SSSR count). The first-order chi connectivity index (χ1) is 12.5. The molecule has 0 spiro atoms. The van der Waals surface area contributed by atoms with Gasteiger partial charge in [0.1, 0.15) is 12.1 Å². The van der Waals surface area contributed by atoms with Crippen LogP contribution in [0.15, 0.2) is 0 Å². The Morgan fingerprint density at radius 3 is 2.04 bits per heavy atom. The minimum atomic E-state index is -1.33. The van der Waals surface area contributed by atoms with Gasteiger partial charge in [-0.15, -0.1) is 0 Å². The van der Waals surface area contributed by atoms with Crippen molar-refractivity contribution in [3.63, 3.8) is 0 Å². The van der Waals surface area contributed by atoms with E-state index in [1.54, 1.807) is 13.8 Å². The van der Waals surface area contributed by atoms with Crippen LogP contribution < -0.4 is 21.7 Å². The standard InChI is InChI=1S/C17H32N4O6/c1-5-10(4)14(18)16(25)19-7-13(23)20-12(8-22)15(24)21-11(17(26)27)6-9(2)3/h9-12,14,22H,5-8,18H2,1-4H3,(H,19,25)(H,20,23)(H,21,24)(H,26,27). The molecule has 0 aromatic heterocycles. The highest BCUT2D eigenvalue weighted by molar-refractivity contribution is 5.92. The van der Waals surface area contributed by atoms with Gasteiger partial charge in [-0.1, -0.05) is 34.1 Å². The maximum absolute atomic E-state index is 12.1. The van der Waals surface area contributed by atoms with Crippen LogP contribution in [0.3, 0.4) is 0 Å². The van der Waals surface area contributed by atoms with Gasteiger partial charge in [0.05, 0.1) is 19.2 Å². The molecule has 0 aliphatic rings. The highest BCUT2D eigenvalue weighted by Gasteiger charge is 2.27. The molecular formula is C17H32N4O6.